The Balaban J connectivity index is 1.52. The summed E-state index contributed by atoms with van der Waals surface area (Å²) in [4.78, 5) is 11.9. The summed E-state index contributed by atoms with van der Waals surface area (Å²) >= 11 is 0. The maximum Gasteiger partial charge on any atom is 0.137 e. The number of rotatable bonds is 0. The number of ketones is 1. The molecule has 5 aliphatic rings. The summed E-state index contributed by atoms with van der Waals surface area (Å²) in [6.07, 6.45) is 13.2. The van der Waals surface area contributed by atoms with E-state index in [9.17, 15) is 4.79 Å². The van der Waals surface area contributed by atoms with E-state index in [0.717, 1.165) is 37.7 Å². The van der Waals surface area contributed by atoms with Crippen molar-refractivity contribution in [3.05, 3.63) is 35.5 Å². The molecule has 1 spiro atoms. The van der Waals surface area contributed by atoms with Crippen LogP contribution in [-0.4, -0.2) is 18.0 Å². The molecule has 5 atom stereocenters. The van der Waals surface area contributed by atoms with Crippen LogP contribution in [0.5, 0.6) is 0 Å². The number of allylic oxidation sites excluding steroid dienone is 3. The van der Waals surface area contributed by atoms with Crippen LogP contribution in [0.1, 0.15) is 58.3 Å². The summed E-state index contributed by atoms with van der Waals surface area (Å²) in [6.45, 7) is 7.68. The van der Waals surface area contributed by atoms with Gasteiger partial charge in [-0.2, -0.15) is 0 Å². The molecule has 0 bridgehead atoms. The van der Waals surface area contributed by atoms with Gasteiger partial charge in [0.1, 0.15) is 5.78 Å². The van der Waals surface area contributed by atoms with E-state index in [2.05, 4.69) is 25.7 Å². The largest absolute Gasteiger partial charge is 0.366 e. The third-order valence-corrected chi connectivity index (χ3v) is 8.24. The molecule has 4 aliphatic carbocycles. The third kappa shape index (κ3) is 1.78. The van der Waals surface area contributed by atoms with Gasteiger partial charge in [-0.15, -0.1) is 0 Å². The summed E-state index contributed by atoms with van der Waals surface area (Å²) in [5, 5.41) is 0. The predicted octanol–water partition coefficient (Wildman–Crippen LogP) is 4.76. The molecule has 0 aromatic carbocycles. The molecule has 128 valence electrons. The summed E-state index contributed by atoms with van der Waals surface area (Å²) in [7, 11) is 0. The number of hydrogen-bond acceptors (Lipinski definition) is 2. The molecule has 0 aromatic rings. The SMILES string of the molecule is C=C1CC2C(CC[C@@]3(C)C2CC[C@@]32C=CCO2)C2=C1CC(=O)CC2. The molecule has 2 saturated carbocycles. The number of fused-ring (bicyclic) bond motifs is 5. The standard InChI is InChI=1S/C22H28O2/c1-14-12-19-17(16-5-4-15(23)13-18(14)16)6-9-21(2)20(19)7-10-22(21)8-3-11-24-22/h3,8,17,19-20H,1,4-7,9-13H2,2H3/t17?,19?,20?,21-,22-/m0/s1. The Morgan fingerprint density at radius 2 is 2.12 bits per heavy atom. The molecule has 0 amide bonds. The lowest BCUT2D eigenvalue weighted by Gasteiger charge is -2.54. The molecular weight excluding hydrogens is 296 g/mol. The molecular formula is C22H28O2. The lowest BCUT2D eigenvalue weighted by Crippen LogP contribution is -2.51. The molecule has 2 fully saturated rings. The van der Waals surface area contributed by atoms with Crippen LogP contribution in [0.15, 0.2) is 35.5 Å². The Morgan fingerprint density at radius 3 is 2.92 bits per heavy atom. The van der Waals surface area contributed by atoms with Crippen LogP contribution in [0.25, 0.3) is 0 Å². The van der Waals surface area contributed by atoms with Crippen molar-refractivity contribution in [3.8, 4) is 0 Å². The van der Waals surface area contributed by atoms with Gasteiger partial charge in [0.05, 0.1) is 12.2 Å². The molecule has 3 unspecified atom stereocenters. The van der Waals surface area contributed by atoms with Crippen LogP contribution < -0.4 is 0 Å². The first-order valence-electron chi connectivity index (χ1n) is 9.77. The zero-order valence-corrected chi connectivity index (χ0v) is 14.8. The molecule has 0 saturated heterocycles. The van der Waals surface area contributed by atoms with Crippen molar-refractivity contribution >= 4 is 5.78 Å². The lowest BCUT2D eigenvalue weighted by molar-refractivity contribution is -0.119. The molecule has 0 aromatic heterocycles. The van der Waals surface area contributed by atoms with Crippen LogP contribution in [-0.2, 0) is 9.53 Å². The number of Topliss-reactive ketones (excluding diaryl/α,β-unsaturated/α-hetero) is 1. The van der Waals surface area contributed by atoms with Gasteiger partial charge in [-0.05, 0) is 61.9 Å². The molecule has 1 aliphatic heterocycles. The Kier molecular flexibility index (Phi) is 3.11. The fraction of sp³-hybridized carbons (Fsp3) is 0.682. The topological polar surface area (TPSA) is 26.3 Å². The number of carbonyl (C=O) groups excluding carboxylic acids is 1. The van der Waals surface area contributed by atoms with Crippen molar-refractivity contribution in [1.82, 2.24) is 0 Å². The van der Waals surface area contributed by atoms with Gasteiger partial charge in [0.2, 0.25) is 0 Å². The van der Waals surface area contributed by atoms with E-state index in [1.54, 1.807) is 5.57 Å². The van der Waals surface area contributed by atoms with Gasteiger partial charge in [-0.25, -0.2) is 0 Å². The number of carbonyl (C=O) groups is 1. The van der Waals surface area contributed by atoms with Crippen LogP contribution in [0.2, 0.25) is 0 Å². The molecule has 24 heavy (non-hydrogen) atoms. The molecule has 0 radical (unpaired) electrons. The first-order valence-corrected chi connectivity index (χ1v) is 9.77. The second-order valence-electron chi connectivity index (χ2n) is 9.00. The van der Waals surface area contributed by atoms with Crippen LogP contribution >= 0.6 is 0 Å². The minimum absolute atomic E-state index is 0.00115. The maximum absolute atomic E-state index is 11.9. The van der Waals surface area contributed by atoms with E-state index in [-0.39, 0.29) is 11.0 Å². The van der Waals surface area contributed by atoms with Gasteiger partial charge in [-0.3, -0.25) is 4.79 Å². The van der Waals surface area contributed by atoms with Gasteiger partial charge in [0.15, 0.2) is 0 Å². The summed E-state index contributed by atoms with van der Waals surface area (Å²) in [5.41, 5.74) is 4.51. The van der Waals surface area contributed by atoms with Gasteiger partial charge in [0, 0.05) is 18.3 Å². The zero-order chi connectivity index (χ0) is 16.5. The molecule has 5 rings (SSSR count). The minimum atomic E-state index is 0.00115. The fourth-order valence-corrected chi connectivity index (χ4v) is 7.03. The number of hydrogen-bond donors (Lipinski definition) is 0. The smallest absolute Gasteiger partial charge is 0.137 e. The predicted molar refractivity (Wildman–Crippen MR) is 94.5 cm³/mol. The normalized spacial score (nSPS) is 47.1. The average Bonchev–Trinajstić information content (AvgIpc) is 3.15. The van der Waals surface area contributed by atoms with Gasteiger partial charge >= 0.3 is 0 Å². The highest BCUT2D eigenvalue weighted by atomic mass is 16.5. The average molecular weight is 324 g/mol. The summed E-state index contributed by atoms with van der Waals surface area (Å²) < 4.78 is 6.31. The Bertz CT molecular complexity index is 684. The lowest BCUT2D eigenvalue weighted by atomic mass is 9.52. The van der Waals surface area contributed by atoms with E-state index in [1.807, 2.05) is 0 Å². The third-order valence-electron chi connectivity index (χ3n) is 8.24. The second kappa shape index (κ2) is 4.94. The van der Waals surface area contributed by atoms with E-state index in [0.29, 0.717) is 18.1 Å². The first kappa shape index (κ1) is 15.1. The Labute approximate surface area is 145 Å². The van der Waals surface area contributed by atoms with Crippen molar-refractivity contribution in [2.24, 2.45) is 23.2 Å². The fourth-order valence-electron chi connectivity index (χ4n) is 7.03. The van der Waals surface area contributed by atoms with Crippen molar-refractivity contribution < 1.29 is 9.53 Å². The highest BCUT2D eigenvalue weighted by Gasteiger charge is 2.62. The van der Waals surface area contributed by atoms with Crippen molar-refractivity contribution in [3.63, 3.8) is 0 Å². The minimum Gasteiger partial charge on any atom is -0.366 e. The first-order chi connectivity index (χ1) is 11.5. The van der Waals surface area contributed by atoms with Crippen molar-refractivity contribution in [2.45, 2.75) is 63.9 Å². The summed E-state index contributed by atoms with van der Waals surface area (Å²) in [5.74, 6) is 2.58. The van der Waals surface area contributed by atoms with E-state index < -0.39 is 0 Å². The van der Waals surface area contributed by atoms with E-state index >= 15 is 0 Å². The van der Waals surface area contributed by atoms with Gasteiger partial charge < -0.3 is 4.74 Å². The van der Waals surface area contributed by atoms with Crippen molar-refractivity contribution in [1.29, 1.82) is 0 Å². The highest BCUT2D eigenvalue weighted by molar-refractivity contribution is 5.84. The molecule has 1 heterocycles. The summed E-state index contributed by atoms with van der Waals surface area (Å²) in [6, 6.07) is 0. The van der Waals surface area contributed by atoms with Crippen LogP contribution in [0.4, 0.5) is 0 Å². The van der Waals surface area contributed by atoms with E-state index in [1.165, 1.54) is 36.8 Å². The second-order valence-corrected chi connectivity index (χ2v) is 9.00. The Morgan fingerprint density at radius 1 is 1.25 bits per heavy atom. The maximum atomic E-state index is 11.9. The Hall–Kier alpha value is -1.15. The quantitative estimate of drug-likeness (QED) is 0.600. The van der Waals surface area contributed by atoms with Gasteiger partial charge in [-0.1, -0.05) is 36.8 Å². The number of ether oxygens (including phenoxy) is 1. The van der Waals surface area contributed by atoms with E-state index in [4.69, 9.17) is 4.74 Å². The van der Waals surface area contributed by atoms with Gasteiger partial charge in [0.25, 0.3) is 0 Å². The van der Waals surface area contributed by atoms with Crippen molar-refractivity contribution in [2.75, 3.05) is 6.61 Å². The highest BCUT2D eigenvalue weighted by Crippen LogP contribution is 2.66. The zero-order valence-electron chi connectivity index (χ0n) is 14.8. The molecule has 2 heteroatoms. The molecule has 2 nitrogen and oxygen atoms in total. The van der Waals surface area contributed by atoms with Crippen LogP contribution in [0, 0.1) is 23.2 Å². The monoisotopic (exact) mass is 324 g/mol. The van der Waals surface area contributed by atoms with Crippen LogP contribution in [0.3, 0.4) is 0 Å². The molecule has 0 N–H and O–H groups in total.